The van der Waals surface area contributed by atoms with Crippen LogP contribution in [0.1, 0.15) is 20.7 Å². The SMILES string of the molecule is O=C(O)c1cc(O)c(C(=O)O)cc1O.[Fe]. The van der Waals surface area contributed by atoms with Crippen molar-refractivity contribution < 1.29 is 47.1 Å². The summed E-state index contributed by atoms with van der Waals surface area (Å²) in [4.78, 5) is 20.9. The summed E-state index contributed by atoms with van der Waals surface area (Å²) in [5.74, 6) is -4.30. The minimum absolute atomic E-state index is 0. The number of hydrogen-bond acceptors (Lipinski definition) is 4. The maximum absolute atomic E-state index is 10.4. The van der Waals surface area contributed by atoms with Crippen molar-refractivity contribution in [1.29, 1.82) is 0 Å². The van der Waals surface area contributed by atoms with E-state index >= 15 is 0 Å². The zero-order valence-corrected chi connectivity index (χ0v) is 8.22. The van der Waals surface area contributed by atoms with E-state index in [0.29, 0.717) is 12.1 Å². The number of carboxylic acids is 2. The molecule has 0 saturated heterocycles. The van der Waals surface area contributed by atoms with Crippen molar-refractivity contribution in [3.63, 3.8) is 0 Å². The Hall–Kier alpha value is -1.72. The number of aromatic hydroxyl groups is 2. The second-order valence-electron chi connectivity index (χ2n) is 2.50. The first-order valence-corrected chi connectivity index (χ1v) is 3.46. The number of rotatable bonds is 2. The summed E-state index contributed by atoms with van der Waals surface area (Å²) < 4.78 is 0. The third kappa shape index (κ3) is 2.61. The van der Waals surface area contributed by atoms with Crippen LogP contribution in [0.15, 0.2) is 12.1 Å². The van der Waals surface area contributed by atoms with Crippen LogP contribution in [-0.2, 0) is 17.1 Å². The van der Waals surface area contributed by atoms with E-state index in [9.17, 15) is 9.59 Å². The Balaban J connectivity index is 0.00000196. The molecule has 0 aliphatic rings. The third-order valence-electron chi connectivity index (χ3n) is 1.57. The molecule has 7 heteroatoms. The Morgan fingerprint density at radius 3 is 1.33 bits per heavy atom. The molecule has 4 N–H and O–H groups in total. The number of aromatic carboxylic acids is 2. The van der Waals surface area contributed by atoms with Crippen LogP contribution in [-0.4, -0.2) is 32.4 Å². The molecule has 1 aromatic carbocycles. The van der Waals surface area contributed by atoms with Crippen LogP contribution < -0.4 is 0 Å². The van der Waals surface area contributed by atoms with Gasteiger partial charge in [-0.1, -0.05) is 0 Å². The van der Waals surface area contributed by atoms with Gasteiger partial charge in [0.05, 0.1) is 0 Å². The molecular weight excluding hydrogens is 248 g/mol. The van der Waals surface area contributed by atoms with Gasteiger partial charge in [-0.3, -0.25) is 0 Å². The minimum atomic E-state index is -1.45. The van der Waals surface area contributed by atoms with Crippen LogP contribution in [0.2, 0.25) is 0 Å². The van der Waals surface area contributed by atoms with Gasteiger partial charge in [0.15, 0.2) is 0 Å². The molecule has 0 fully saturated rings. The van der Waals surface area contributed by atoms with E-state index in [0.717, 1.165) is 0 Å². The first kappa shape index (κ1) is 13.3. The fourth-order valence-corrected chi connectivity index (χ4v) is 0.919. The van der Waals surface area contributed by atoms with E-state index in [1.807, 2.05) is 0 Å². The van der Waals surface area contributed by atoms with Crippen LogP contribution >= 0.6 is 0 Å². The molecule has 82 valence electrons. The summed E-state index contributed by atoms with van der Waals surface area (Å²) in [7, 11) is 0. The fourth-order valence-electron chi connectivity index (χ4n) is 0.919. The van der Waals surface area contributed by atoms with E-state index in [1.54, 1.807) is 0 Å². The molecule has 0 radical (unpaired) electrons. The molecular formula is C8H6FeO6. The van der Waals surface area contributed by atoms with Crippen molar-refractivity contribution in [3.8, 4) is 11.5 Å². The fraction of sp³-hybridized carbons (Fsp3) is 0. The molecule has 15 heavy (non-hydrogen) atoms. The third-order valence-corrected chi connectivity index (χ3v) is 1.57. The van der Waals surface area contributed by atoms with Crippen molar-refractivity contribution in [2.24, 2.45) is 0 Å². The summed E-state index contributed by atoms with van der Waals surface area (Å²) in [6, 6.07) is 1.36. The van der Waals surface area contributed by atoms with Gasteiger partial charge in [0.2, 0.25) is 0 Å². The van der Waals surface area contributed by atoms with Crippen molar-refractivity contribution >= 4 is 11.9 Å². The van der Waals surface area contributed by atoms with Gasteiger partial charge < -0.3 is 20.4 Å². The monoisotopic (exact) mass is 254 g/mol. The molecule has 0 heterocycles. The Morgan fingerprint density at radius 1 is 0.867 bits per heavy atom. The van der Waals surface area contributed by atoms with Gasteiger partial charge >= 0.3 is 11.9 Å². The number of carbonyl (C=O) groups is 2. The largest absolute Gasteiger partial charge is 0.507 e. The van der Waals surface area contributed by atoms with Crippen molar-refractivity contribution in [2.75, 3.05) is 0 Å². The molecule has 1 aromatic rings. The molecule has 0 atom stereocenters. The van der Waals surface area contributed by atoms with Gasteiger partial charge in [0.1, 0.15) is 22.6 Å². The Labute approximate surface area is 94.3 Å². The van der Waals surface area contributed by atoms with Crippen LogP contribution in [0.4, 0.5) is 0 Å². The van der Waals surface area contributed by atoms with E-state index in [-0.39, 0.29) is 17.1 Å². The van der Waals surface area contributed by atoms with Gasteiger partial charge in [0.25, 0.3) is 0 Å². The molecule has 0 aliphatic heterocycles. The predicted octanol–water partition coefficient (Wildman–Crippen LogP) is 0.492. The van der Waals surface area contributed by atoms with Crippen molar-refractivity contribution in [1.82, 2.24) is 0 Å². The average Bonchev–Trinajstić information content (AvgIpc) is 2.07. The van der Waals surface area contributed by atoms with Crippen molar-refractivity contribution in [2.45, 2.75) is 0 Å². The summed E-state index contributed by atoms with van der Waals surface area (Å²) in [5, 5.41) is 35.2. The molecule has 0 aromatic heterocycles. The maximum atomic E-state index is 10.4. The van der Waals surface area contributed by atoms with Crippen molar-refractivity contribution in [3.05, 3.63) is 23.3 Å². The molecule has 0 unspecified atom stereocenters. The zero-order valence-electron chi connectivity index (χ0n) is 7.11. The normalized spacial score (nSPS) is 9.07. The Morgan fingerprint density at radius 2 is 1.13 bits per heavy atom. The smallest absolute Gasteiger partial charge is 0.339 e. The van der Waals surface area contributed by atoms with Gasteiger partial charge in [-0.25, -0.2) is 9.59 Å². The summed E-state index contributed by atoms with van der Waals surface area (Å²) in [6.45, 7) is 0. The standard InChI is InChI=1S/C8H6O6.Fe/c9-5-1-3(7(11)12)6(10)2-4(5)8(13)14;/h1-2,9-10H,(H,11,12)(H,13,14);. The minimum Gasteiger partial charge on any atom is -0.507 e. The Kier molecular flexibility index (Phi) is 4.14. The first-order valence-electron chi connectivity index (χ1n) is 3.46. The molecule has 0 bridgehead atoms. The maximum Gasteiger partial charge on any atom is 0.339 e. The van der Waals surface area contributed by atoms with E-state index < -0.39 is 34.6 Å². The summed E-state index contributed by atoms with van der Waals surface area (Å²) in [6.07, 6.45) is 0. The van der Waals surface area contributed by atoms with Gasteiger partial charge in [-0.05, 0) is 12.1 Å². The summed E-state index contributed by atoms with van der Waals surface area (Å²) >= 11 is 0. The molecule has 0 spiro atoms. The number of carboxylic acid groups (broad SMARTS) is 2. The quantitative estimate of drug-likeness (QED) is 0.451. The number of phenols is 2. The van der Waals surface area contributed by atoms with E-state index in [1.165, 1.54) is 0 Å². The second kappa shape index (κ2) is 4.68. The van der Waals surface area contributed by atoms with E-state index in [4.69, 9.17) is 20.4 Å². The summed E-state index contributed by atoms with van der Waals surface area (Å²) in [5.41, 5.74) is -1.10. The first-order chi connectivity index (χ1) is 6.43. The van der Waals surface area contributed by atoms with Crippen LogP contribution in [0.5, 0.6) is 11.5 Å². The van der Waals surface area contributed by atoms with Gasteiger partial charge in [-0.2, -0.15) is 0 Å². The molecule has 0 amide bonds. The van der Waals surface area contributed by atoms with Gasteiger partial charge in [0, 0.05) is 17.1 Å². The van der Waals surface area contributed by atoms with Crippen LogP contribution in [0, 0.1) is 0 Å². The number of hydrogen-bond donors (Lipinski definition) is 4. The molecule has 6 nitrogen and oxygen atoms in total. The topological polar surface area (TPSA) is 115 Å². The second-order valence-corrected chi connectivity index (χ2v) is 2.50. The Bertz CT molecular complexity index is 374. The predicted molar refractivity (Wildman–Crippen MR) is 43.7 cm³/mol. The molecule has 1 rings (SSSR count). The van der Waals surface area contributed by atoms with E-state index in [2.05, 4.69) is 0 Å². The average molecular weight is 254 g/mol. The molecule has 0 saturated carbocycles. The van der Waals surface area contributed by atoms with Crippen LogP contribution in [0.3, 0.4) is 0 Å². The number of benzene rings is 1. The van der Waals surface area contributed by atoms with Gasteiger partial charge in [-0.15, -0.1) is 0 Å². The molecule has 0 aliphatic carbocycles. The van der Waals surface area contributed by atoms with Crippen LogP contribution in [0.25, 0.3) is 0 Å². The zero-order chi connectivity index (χ0) is 10.9.